The zero-order chi connectivity index (χ0) is 25.5. The molecule has 0 amide bonds. The number of nitrogens with one attached hydrogen (secondary N) is 2. The molecule has 5 rings (SSSR count). The van der Waals surface area contributed by atoms with E-state index in [0.29, 0.717) is 31.5 Å². The molecule has 0 unspecified atom stereocenters. The Labute approximate surface area is 221 Å². The molecule has 2 aromatic heterocycles. The van der Waals surface area contributed by atoms with E-state index in [9.17, 15) is 19.2 Å². The zero-order valence-electron chi connectivity index (χ0n) is 18.4. The average Bonchev–Trinajstić information content (AvgIpc) is 3.22. The van der Waals surface area contributed by atoms with Gasteiger partial charge >= 0.3 is 22.8 Å². The SMILES string of the molecule is O=C(Cl)CCCn1c(=O)[nH]c2ccccc21.O=C1CCCn2c(=O)[nH]c3cccc1c32.[Cl][Al]([Cl])[Cl]. The number of ketones is 1. The number of halogens is 4. The predicted octanol–water partition coefficient (Wildman–Crippen LogP) is 4.87. The maximum atomic E-state index is 11.8. The third kappa shape index (κ3) is 7.26. The molecule has 2 N–H and O–H groups in total. The molecule has 3 heterocycles. The van der Waals surface area contributed by atoms with Crippen molar-refractivity contribution in [3.63, 3.8) is 0 Å². The number of rotatable bonds is 4. The first-order chi connectivity index (χ1) is 16.7. The molecule has 184 valence electrons. The number of carbonyl (C=O) groups is 2. The molecule has 0 aliphatic carbocycles. The van der Waals surface area contributed by atoms with Crippen LogP contribution in [0.15, 0.2) is 52.1 Å². The molecule has 2 aromatic carbocycles. The summed E-state index contributed by atoms with van der Waals surface area (Å²) >= 11 is 3.52. The normalized spacial score (nSPS) is 12.4. The van der Waals surface area contributed by atoms with Crippen LogP contribution in [-0.2, 0) is 17.9 Å². The highest BCUT2D eigenvalue weighted by Crippen LogP contribution is 2.21. The number of carbonyl (C=O) groups excluding carboxylic acids is 2. The van der Waals surface area contributed by atoms with Crippen molar-refractivity contribution in [2.24, 2.45) is 0 Å². The van der Waals surface area contributed by atoms with Crippen LogP contribution in [0.1, 0.15) is 36.0 Å². The van der Waals surface area contributed by atoms with Crippen LogP contribution < -0.4 is 11.4 Å². The second kappa shape index (κ2) is 12.8. The summed E-state index contributed by atoms with van der Waals surface area (Å²) in [6.45, 7) is 1.13. The van der Waals surface area contributed by atoms with Crippen molar-refractivity contribution in [1.82, 2.24) is 19.1 Å². The van der Waals surface area contributed by atoms with Gasteiger partial charge in [0.25, 0.3) is 0 Å². The number of hydrogen-bond donors (Lipinski definition) is 2. The summed E-state index contributed by atoms with van der Waals surface area (Å²) in [7, 11) is 14.8. The van der Waals surface area contributed by atoms with Crippen LogP contribution in [0.5, 0.6) is 0 Å². The summed E-state index contributed by atoms with van der Waals surface area (Å²) in [5.41, 5.74) is 3.59. The summed E-state index contributed by atoms with van der Waals surface area (Å²) in [6.07, 6.45) is 2.12. The molecule has 0 saturated carbocycles. The number of Topliss-reactive ketones (excluding diaryl/α,β-unsaturated/α-hetero) is 1. The fourth-order valence-corrected chi connectivity index (χ4v) is 4.03. The molecule has 1 aliphatic heterocycles. The number of benzene rings is 2. The van der Waals surface area contributed by atoms with E-state index in [-0.39, 0.29) is 28.8 Å². The lowest BCUT2D eigenvalue weighted by atomic mass is 10.1. The molecular weight excluding hydrogens is 553 g/mol. The summed E-state index contributed by atoms with van der Waals surface area (Å²) in [5.74, 6) is 0.130. The van der Waals surface area contributed by atoms with Crippen LogP contribution in [-0.4, -0.2) is 41.5 Å². The van der Waals surface area contributed by atoms with Crippen LogP contribution >= 0.6 is 41.7 Å². The van der Waals surface area contributed by atoms with Crippen molar-refractivity contribution in [3.05, 3.63) is 69.0 Å². The minimum atomic E-state index is -1.72. The molecule has 13 heteroatoms. The van der Waals surface area contributed by atoms with Crippen LogP contribution in [0.25, 0.3) is 22.1 Å². The van der Waals surface area contributed by atoms with Gasteiger partial charge in [-0.3, -0.25) is 18.7 Å². The van der Waals surface area contributed by atoms with E-state index in [1.54, 1.807) is 21.3 Å². The second-order valence-corrected chi connectivity index (χ2v) is 14.5. The molecule has 0 atom stereocenters. The van der Waals surface area contributed by atoms with Gasteiger partial charge in [-0.15, -0.1) is 0 Å². The van der Waals surface area contributed by atoms with Crippen molar-refractivity contribution in [2.45, 2.75) is 38.8 Å². The quantitative estimate of drug-likeness (QED) is 0.268. The van der Waals surface area contributed by atoms with E-state index in [1.165, 1.54) is 0 Å². The third-order valence-electron chi connectivity index (χ3n) is 5.32. The molecule has 35 heavy (non-hydrogen) atoms. The molecular formula is C22H21AlCl4N4O4. The minimum absolute atomic E-state index is 0.118. The largest absolute Gasteiger partial charge is 0.643 e. The highest BCUT2D eigenvalue weighted by atomic mass is 35.8. The Hall–Kier alpha value is -1.99. The number of fused-ring (bicyclic) bond motifs is 1. The first-order valence-electron chi connectivity index (χ1n) is 10.7. The van der Waals surface area contributed by atoms with Gasteiger partial charge in [0.2, 0.25) is 5.24 Å². The molecule has 0 spiro atoms. The smallest absolute Gasteiger partial charge is 0.306 e. The van der Waals surface area contributed by atoms with Crippen molar-refractivity contribution < 1.29 is 9.59 Å². The zero-order valence-corrected chi connectivity index (χ0v) is 22.6. The molecule has 0 fully saturated rings. The van der Waals surface area contributed by atoms with E-state index in [2.05, 4.69) is 9.97 Å². The Balaban J connectivity index is 0.000000170. The lowest BCUT2D eigenvalue weighted by Gasteiger charge is -2.00. The number of imidazole rings is 2. The standard InChI is InChI=1S/C11H11ClN2O2.C11H10N2O2.Al.3ClH/c12-10(15)6-3-7-14-9-5-2-1-4-8(9)13-11(14)16;14-9-5-2-6-13-10-7(9)3-1-4-8(10)12-11(13)15;;;;/h1-2,4-5H,3,6-7H2,(H,13,16);1,3-4H,2,5-6H2,(H,12,15);;3*1H/q;;+3;;;/p-3. The maximum Gasteiger partial charge on any atom is 0.643 e. The molecule has 0 bridgehead atoms. The van der Waals surface area contributed by atoms with Crippen molar-refractivity contribution in [2.75, 3.05) is 0 Å². The number of para-hydroxylation sites is 3. The van der Waals surface area contributed by atoms with Gasteiger partial charge in [-0.1, -0.05) is 18.2 Å². The van der Waals surface area contributed by atoms with Gasteiger partial charge < -0.3 is 9.97 Å². The van der Waals surface area contributed by atoms with E-state index in [1.807, 2.05) is 30.3 Å². The van der Waals surface area contributed by atoms with Crippen LogP contribution in [0.3, 0.4) is 0 Å². The van der Waals surface area contributed by atoms with Gasteiger partial charge in [0.05, 0.1) is 22.1 Å². The number of aromatic amines is 2. The Morgan fingerprint density at radius 1 is 0.943 bits per heavy atom. The Bertz CT molecular complexity index is 1450. The molecule has 0 saturated heterocycles. The van der Waals surface area contributed by atoms with Gasteiger partial charge in [-0.25, -0.2) is 39.7 Å². The van der Waals surface area contributed by atoms with Gasteiger partial charge in [-0.05, 0) is 48.7 Å². The molecule has 8 nitrogen and oxygen atoms in total. The van der Waals surface area contributed by atoms with E-state index in [0.717, 1.165) is 28.5 Å². The molecule has 4 aromatic rings. The summed E-state index contributed by atoms with van der Waals surface area (Å²) < 4.78 is 3.28. The van der Waals surface area contributed by atoms with Gasteiger partial charge in [0.15, 0.2) is 5.78 Å². The van der Waals surface area contributed by atoms with Crippen molar-refractivity contribution >= 4 is 86.2 Å². The predicted molar refractivity (Wildman–Crippen MR) is 142 cm³/mol. The summed E-state index contributed by atoms with van der Waals surface area (Å²) in [5, 5.41) is -0.368. The molecule has 1 aliphatic rings. The lowest BCUT2D eigenvalue weighted by Crippen LogP contribution is -2.16. The summed E-state index contributed by atoms with van der Waals surface area (Å²) in [6, 6.07) is 12.9. The van der Waals surface area contributed by atoms with Crippen molar-refractivity contribution in [3.8, 4) is 0 Å². The number of aryl methyl sites for hydroxylation is 2. The maximum absolute atomic E-state index is 11.8. The topological polar surface area (TPSA) is 110 Å². The van der Waals surface area contributed by atoms with Gasteiger partial charge in [0.1, 0.15) is 0 Å². The van der Waals surface area contributed by atoms with Crippen LogP contribution in [0, 0.1) is 0 Å². The Morgan fingerprint density at radius 3 is 2.31 bits per heavy atom. The highest BCUT2D eigenvalue weighted by Gasteiger charge is 2.19. The van der Waals surface area contributed by atoms with Gasteiger partial charge in [-0.2, -0.15) is 0 Å². The Morgan fingerprint density at radius 2 is 1.60 bits per heavy atom. The van der Waals surface area contributed by atoms with E-state index >= 15 is 0 Å². The minimum Gasteiger partial charge on any atom is -0.306 e. The fourth-order valence-electron chi connectivity index (χ4n) is 3.90. The van der Waals surface area contributed by atoms with Gasteiger partial charge in [0, 0.05) is 31.5 Å². The highest BCUT2D eigenvalue weighted by molar-refractivity contribution is 7.54. The average molecular weight is 574 g/mol. The first-order valence-corrected chi connectivity index (χ1v) is 16.3. The molecule has 0 radical (unpaired) electrons. The second-order valence-electron chi connectivity index (χ2n) is 7.62. The fraction of sp³-hybridized carbons (Fsp3) is 0.273. The van der Waals surface area contributed by atoms with Crippen molar-refractivity contribution in [1.29, 1.82) is 0 Å². The number of H-pyrrole nitrogens is 2. The number of hydrogen-bond acceptors (Lipinski definition) is 4. The monoisotopic (exact) mass is 572 g/mol. The summed E-state index contributed by atoms with van der Waals surface area (Å²) in [4.78, 5) is 51.1. The van der Waals surface area contributed by atoms with Crippen LogP contribution in [0.4, 0.5) is 0 Å². The van der Waals surface area contributed by atoms with Crippen LogP contribution in [0.2, 0.25) is 0 Å². The van der Waals surface area contributed by atoms with E-state index < -0.39 is 11.4 Å². The third-order valence-corrected chi connectivity index (χ3v) is 5.50. The van der Waals surface area contributed by atoms with E-state index in [4.69, 9.17) is 41.7 Å². The Kier molecular flexibility index (Phi) is 10.1. The lowest BCUT2D eigenvalue weighted by molar-refractivity contribution is -0.111. The first kappa shape index (κ1) is 27.6. The number of aromatic nitrogens is 4. The number of nitrogens with zero attached hydrogens (tertiary/aromatic N) is 2.